The van der Waals surface area contributed by atoms with E-state index >= 15 is 0 Å². The molecule has 0 rings (SSSR count). The first-order chi connectivity index (χ1) is 2.77. The minimum absolute atomic E-state index is 1.12. The zero-order chi connectivity index (χ0) is 4.99. The third kappa shape index (κ3) is 4.02. The van der Waals surface area contributed by atoms with E-state index in [2.05, 4.69) is 21.2 Å². The highest BCUT2D eigenvalue weighted by molar-refractivity contribution is 9.11. The van der Waals surface area contributed by atoms with Crippen LogP contribution in [0.1, 0.15) is 6.92 Å². The summed E-state index contributed by atoms with van der Waals surface area (Å²) < 4.78 is 1.12. The fourth-order valence-electron chi connectivity index (χ4n) is 0.199. The molecule has 36 valence electrons. The second-order valence-corrected chi connectivity index (χ2v) is 2.27. The molecule has 2 heteroatoms. The molecule has 0 fully saturated rings. The van der Waals surface area contributed by atoms with Crippen molar-refractivity contribution >= 4 is 15.9 Å². The van der Waals surface area contributed by atoms with Crippen LogP contribution in [0.2, 0.25) is 0 Å². The Bertz CT molecular complexity index is 54.6. The molecule has 0 aliphatic rings. The lowest BCUT2D eigenvalue weighted by Crippen LogP contribution is -1.90. The summed E-state index contributed by atoms with van der Waals surface area (Å²) in [6.45, 7) is 1.97. The van der Waals surface area contributed by atoms with Crippen LogP contribution >= 0.6 is 15.9 Å². The number of nitrogens with one attached hydrogen (secondary N) is 1. The number of hydrogen-bond acceptors (Lipinski definition) is 1. The van der Waals surface area contributed by atoms with E-state index in [0.29, 0.717) is 0 Å². The fraction of sp³-hybridized carbons (Fsp3) is 0.500. The molecule has 0 amide bonds. The highest BCUT2D eigenvalue weighted by Gasteiger charge is 1.68. The molecule has 0 spiro atoms. The quantitative estimate of drug-likeness (QED) is 0.596. The zero-order valence-electron chi connectivity index (χ0n) is 3.96. The average Bonchev–Trinajstić information content (AvgIpc) is 1.35. The van der Waals surface area contributed by atoms with Gasteiger partial charge in [-0.1, -0.05) is 15.9 Å². The maximum atomic E-state index is 3.23. The van der Waals surface area contributed by atoms with Crippen molar-refractivity contribution in [2.24, 2.45) is 0 Å². The van der Waals surface area contributed by atoms with Crippen molar-refractivity contribution in [2.75, 3.05) is 7.05 Å². The van der Waals surface area contributed by atoms with E-state index in [4.69, 9.17) is 0 Å². The molecule has 0 aliphatic heterocycles. The first-order valence-corrected chi connectivity index (χ1v) is 2.56. The van der Waals surface area contributed by atoms with Crippen molar-refractivity contribution in [3.8, 4) is 0 Å². The lowest BCUT2D eigenvalue weighted by Gasteiger charge is -1.82. The Morgan fingerprint density at radius 1 is 1.83 bits per heavy atom. The van der Waals surface area contributed by atoms with Gasteiger partial charge in [0.25, 0.3) is 0 Å². The van der Waals surface area contributed by atoms with Crippen molar-refractivity contribution < 1.29 is 0 Å². The first kappa shape index (κ1) is 6.02. The molecule has 1 N–H and O–H groups in total. The molecule has 0 aromatic carbocycles. The van der Waals surface area contributed by atoms with Gasteiger partial charge in [-0.3, -0.25) is 0 Å². The minimum atomic E-state index is 1.12. The monoisotopic (exact) mass is 149 g/mol. The van der Waals surface area contributed by atoms with Gasteiger partial charge in [0.1, 0.15) is 0 Å². The van der Waals surface area contributed by atoms with Crippen LogP contribution in [0.5, 0.6) is 0 Å². The average molecular weight is 150 g/mol. The summed E-state index contributed by atoms with van der Waals surface area (Å²) >= 11 is 3.23. The second kappa shape index (κ2) is 3.22. The molecular formula is C4H8BrN. The molecule has 0 radical (unpaired) electrons. The molecule has 0 heterocycles. The zero-order valence-corrected chi connectivity index (χ0v) is 5.54. The van der Waals surface area contributed by atoms with Crippen molar-refractivity contribution in [1.29, 1.82) is 0 Å². The van der Waals surface area contributed by atoms with E-state index < -0.39 is 0 Å². The maximum Gasteiger partial charge on any atom is 0.00761 e. The molecule has 0 aromatic heterocycles. The van der Waals surface area contributed by atoms with Crippen LogP contribution in [-0.2, 0) is 0 Å². The Morgan fingerprint density at radius 2 is 2.33 bits per heavy atom. The SMILES string of the molecule is CN/C=C(\C)Br. The Labute approximate surface area is 46.6 Å². The first-order valence-electron chi connectivity index (χ1n) is 1.77. The van der Waals surface area contributed by atoms with Crippen LogP contribution in [0.15, 0.2) is 10.7 Å². The van der Waals surface area contributed by atoms with Gasteiger partial charge in [0.05, 0.1) is 0 Å². The largest absolute Gasteiger partial charge is 0.393 e. The molecule has 0 saturated carbocycles. The maximum absolute atomic E-state index is 3.23. The predicted molar refractivity (Wildman–Crippen MR) is 31.7 cm³/mol. The fourth-order valence-corrected chi connectivity index (χ4v) is 0.428. The molecule has 0 aromatic rings. The van der Waals surface area contributed by atoms with Gasteiger partial charge in [-0.05, 0) is 6.92 Å². The summed E-state index contributed by atoms with van der Waals surface area (Å²) in [5, 5.41) is 2.86. The van der Waals surface area contributed by atoms with E-state index in [9.17, 15) is 0 Å². The number of hydrogen-bond donors (Lipinski definition) is 1. The van der Waals surface area contributed by atoms with Gasteiger partial charge in [-0.25, -0.2) is 0 Å². The summed E-state index contributed by atoms with van der Waals surface area (Å²) in [5.41, 5.74) is 0. The molecule has 0 atom stereocenters. The summed E-state index contributed by atoms with van der Waals surface area (Å²) in [6.07, 6.45) is 1.88. The molecule has 6 heavy (non-hydrogen) atoms. The number of halogens is 1. The van der Waals surface area contributed by atoms with Gasteiger partial charge in [0.2, 0.25) is 0 Å². The van der Waals surface area contributed by atoms with Gasteiger partial charge >= 0.3 is 0 Å². The van der Waals surface area contributed by atoms with E-state index in [1.807, 2.05) is 20.2 Å². The molecule has 0 saturated heterocycles. The molecule has 0 aliphatic carbocycles. The molecule has 0 unspecified atom stereocenters. The molecule has 0 bridgehead atoms. The Kier molecular flexibility index (Phi) is 3.23. The Hall–Kier alpha value is 0.0200. The normalized spacial score (nSPS) is 11.5. The Morgan fingerprint density at radius 3 is 2.33 bits per heavy atom. The van der Waals surface area contributed by atoms with E-state index in [1.165, 1.54) is 0 Å². The van der Waals surface area contributed by atoms with Gasteiger partial charge in [-0.2, -0.15) is 0 Å². The van der Waals surface area contributed by atoms with Gasteiger partial charge in [0.15, 0.2) is 0 Å². The highest BCUT2D eigenvalue weighted by Crippen LogP contribution is 1.97. The topological polar surface area (TPSA) is 12.0 Å². The third-order valence-electron chi connectivity index (χ3n) is 0.343. The van der Waals surface area contributed by atoms with Crippen LogP contribution in [0, 0.1) is 0 Å². The van der Waals surface area contributed by atoms with Crippen LogP contribution in [-0.4, -0.2) is 7.05 Å². The number of allylic oxidation sites excluding steroid dienone is 1. The van der Waals surface area contributed by atoms with E-state index in [1.54, 1.807) is 0 Å². The van der Waals surface area contributed by atoms with E-state index in [0.717, 1.165) is 4.48 Å². The summed E-state index contributed by atoms with van der Waals surface area (Å²) in [6, 6.07) is 0. The standard InChI is InChI=1S/C4H8BrN/c1-4(5)3-6-2/h3,6H,1-2H3/b4-3+. The third-order valence-corrected chi connectivity index (χ3v) is 0.572. The van der Waals surface area contributed by atoms with Crippen molar-refractivity contribution in [1.82, 2.24) is 5.32 Å². The van der Waals surface area contributed by atoms with Gasteiger partial charge < -0.3 is 5.32 Å². The van der Waals surface area contributed by atoms with Crippen LogP contribution < -0.4 is 5.32 Å². The van der Waals surface area contributed by atoms with Crippen molar-refractivity contribution in [3.05, 3.63) is 10.7 Å². The van der Waals surface area contributed by atoms with Crippen LogP contribution in [0.3, 0.4) is 0 Å². The van der Waals surface area contributed by atoms with Gasteiger partial charge in [-0.15, -0.1) is 0 Å². The minimum Gasteiger partial charge on any atom is -0.393 e. The van der Waals surface area contributed by atoms with E-state index in [-0.39, 0.29) is 0 Å². The Balaban J connectivity index is 3.14. The predicted octanol–water partition coefficient (Wildman–Crippen LogP) is 1.46. The summed E-state index contributed by atoms with van der Waals surface area (Å²) in [4.78, 5) is 0. The molecular weight excluding hydrogens is 142 g/mol. The second-order valence-electron chi connectivity index (χ2n) is 1.02. The molecule has 1 nitrogen and oxygen atoms in total. The lowest BCUT2D eigenvalue weighted by atomic mass is 10.7. The number of rotatable bonds is 1. The highest BCUT2D eigenvalue weighted by atomic mass is 79.9. The smallest absolute Gasteiger partial charge is 0.00761 e. The lowest BCUT2D eigenvalue weighted by molar-refractivity contribution is 1.09. The summed E-state index contributed by atoms with van der Waals surface area (Å²) in [5.74, 6) is 0. The van der Waals surface area contributed by atoms with Gasteiger partial charge in [0, 0.05) is 17.7 Å². The van der Waals surface area contributed by atoms with Crippen LogP contribution in [0.25, 0.3) is 0 Å². The van der Waals surface area contributed by atoms with Crippen molar-refractivity contribution in [2.45, 2.75) is 6.92 Å². The van der Waals surface area contributed by atoms with Crippen molar-refractivity contribution in [3.63, 3.8) is 0 Å². The van der Waals surface area contributed by atoms with Crippen LogP contribution in [0.4, 0.5) is 0 Å². The summed E-state index contributed by atoms with van der Waals surface area (Å²) in [7, 11) is 1.87.